The lowest BCUT2D eigenvalue weighted by molar-refractivity contribution is -0.138. The van der Waals surface area contributed by atoms with Crippen molar-refractivity contribution in [3.05, 3.63) is 42.0 Å². The van der Waals surface area contributed by atoms with Crippen LogP contribution >= 0.6 is 12.4 Å². The minimum Gasteiger partial charge on any atom is -0.497 e. The van der Waals surface area contributed by atoms with Crippen LogP contribution in [0.3, 0.4) is 0 Å². The third-order valence-electron chi connectivity index (χ3n) is 4.07. The summed E-state index contributed by atoms with van der Waals surface area (Å²) in [6.07, 6.45) is 0.0294. The number of carboxylic acid groups (broad SMARTS) is 1. The number of hydrogen-bond acceptors (Lipinski definition) is 4. The first-order chi connectivity index (χ1) is 11.9. The zero-order chi connectivity index (χ0) is 18.4. The summed E-state index contributed by atoms with van der Waals surface area (Å²) in [4.78, 5) is 26.2. The fourth-order valence-electron chi connectivity index (χ4n) is 2.58. The van der Waals surface area contributed by atoms with Crippen molar-refractivity contribution in [3.8, 4) is 5.75 Å². The van der Waals surface area contributed by atoms with Gasteiger partial charge in [0, 0.05) is 20.1 Å². The molecule has 6 nitrogen and oxygen atoms in total. The molecule has 0 unspecified atom stereocenters. The van der Waals surface area contributed by atoms with Gasteiger partial charge in [-0.25, -0.2) is 0 Å². The summed E-state index contributed by atoms with van der Waals surface area (Å²) in [6.45, 7) is 1.06. The fourth-order valence-corrected chi connectivity index (χ4v) is 2.58. The molecule has 2 aromatic carbocycles. The van der Waals surface area contributed by atoms with Crippen molar-refractivity contribution in [1.29, 1.82) is 0 Å². The Morgan fingerprint density at radius 2 is 1.73 bits per heavy atom. The van der Waals surface area contributed by atoms with E-state index >= 15 is 0 Å². The number of carbonyl (C=O) groups is 2. The van der Waals surface area contributed by atoms with Crippen molar-refractivity contribution in [2.24, 2.45) is 0 Å². The molecule has 0 saturated heterocycles. The average molecular weight is 381 g/mol. The molecular formula is C19H25ClN2O4. The van der Waals surface area contributed by atoms with Gasteiger partial charge < -0.3 is 14.7 Å². The first kappa shape index (κ1) is 21.7. The number of hydrogen-bond donors (Lipinski definition) is 1. The van der Waals surface area contributed by atoms with Crippen LogP contribution in [0.4, 0.5) is 0 Å². The molecule has 0 atom stereocenters. The van der Waals surface area contributed by atoms with Gasteiger partial charge in [0.25, 0.3) is 0 Å². The number of halogens is 1. The predicted molar refractivity (Wildman–Crippen MR) is 104 cm³/mol. The summed E-state index contributed by atoms with van der Waals surface area (Å²) in [5, 5.41) is 10.9. The Balaban J connectivity index is 0.00000338. The molecule has 0 saturated carbocycles. The Morgan fingerprint density at radius 1 is 1.08 bits per heavy atom. The quantitative estimate of drug-likeness (QED) is 0.762. The van der Waals surface area contributed by atoms with Gasteiger partial charge in [0.2, 0.25) is 5.91 Å². The molecule has 0 radical (unpaired) electrons. The Bertz CT molecular complexity index is 766. The molecule has 0 heterocycles. The highest BCUT2D eigenvalue weighted by Crippen LogP contribution is 2.22. The minimum atomic E-state index is -0.861. The Hall–Kier alpha value is -2.31. The van der Waals surface area contributed by atoms with E-state index < -0.39 is 5.97 Å². The van der Waals surface area contributed by atoms with Crippen LogP contribution in [0.5, 0.6) is 5.75 Å². The lowest BCUT2D eigenvalue weighted by atomic mass is 10.1. The summed E-state index contributed by atoms with van der Waals surface area (Å²) >= 11 is 0. The molecule has 0 fully saturated rings. The van der Waals surface area contributed by atoms with Crippen molar-refractivity contribution in [2.75, 3.05) is 34.3 Å². The van der Waals surface area contributed by atoms with E-state index in [-0.39, 0.29) is 31.3 Å². The Labute approximate surface area is 159 Å². The second kappa shape index (κ2) is 9.99. The highest BCUT2D eigenvalue weighted by Gasteiger charge is 2.13. The minimum absolute atomic E-state index is 0. The SMILES string of the molecule is COc1ccc2cc(CN(C)C(=O)CN(C)CCC(=O)O)ccc2c1.Cl. The first-order valence-corrected chi connectivity index (χ1v) is 8.10. The summed E-state index contributed by atoms with van der Waals surface area (Å²) in [7, 11) is 5.15. The third-order valence-corrected chi connectivity index (χ3v) is 4.07. The smallest absolute Gasteiger partial charge is 0.304 e. The van der Waals surface area contributed by atoms with E-state index in [1.54, 1.807) is 31.0 Å². The van der Waals surface area contributed by atoms with Gasteiger partial charge in [-0.2, -0.15) is 0 Å². The second-order valence-electron chi connectivity index (χ2n) is 6.18. The van der Waals surface area contributed by atoms with Crippen LogP contribution in [0.25, 0.3) is 10.8 Å². The lowest BCUT2D eigenvalue weighted by Crippen LogP contribution is -2.37. The number of fused-ring (bicyclic) bond motifs is 1. The van der Waals surface area contributed by atoms with Crippen LogP contribution in [-0.4, -0.2) is 61.1 Å². The molecule has 142 valence electrons. The van der Waals surface area contributed by atoms with E-state index in [0.717, 1.165) is 22.1 Å². The van der Waals surface area contributed by atoms with Crippen LogP contribution in [0, 0.1) is 0 Å². The molecule has 0 bridgehead atoms. The van der Waals surface area contributed by atoms with Gasteiger partial charge in [-0.3, -0.25) is 14.5 Å². The standard InChI is InChI=1S/C19H24N2O4.ClH/c1-20(9-8-19(23)24)13-18(22)21(2)12-14-4-5-16-11-17(25-3)7-6-15(16)10-14;/h4-7,10-11H,8-9,12-13H2,1-3H3,(H,23,24);1H. The number of methoxy groups -OCH3 is 1. The third kappa shape index (κ3) is 6.20. The molecule has 2 rings (SSSR count). The summed E-state index contributed by atoms with van der Waals surface area (Å²) < 4.78 is 5.23. The predicted octanol–water partition coefficient (Wildman–Crippen LogP) is 2.64. The van der Waals surface area contributed by atoms with E-state index in [4.69, 9.17) is 9.84 Å². The molecule has 1 amide bonds. The molecule has 0 aromatic heterocycles. The topological polar surface area (TPSA) is 70.1 Å². The lowest BCUT2D eigenvalue weighted by Gasteiger charge is -2.21. The Morgan fingerprint density at radius 3 is 2.38 bits per heavy atom. The van der Waals surface area contributed by atoms with E-state index in [1.165, 1.54) is 0 Å². The molecule has 0 aliphatic heterocycles. The Kier molecular flexibility index (Phi) is 8.35. The number of ether oxygens (including phenoxy) is 1. The van der Waals surface area contributed by atoms with Crippen molar-refractivity contribution in [3.63, 3.8) is 0 Å². The number of amides is 1. The number of rotatable bonds is 8. The molecule has 1 N–H and O–H groups in total. The van der Waals surface area contributed by atoms with Crippen molar-refractivity contribution < 1.29 is 19.4 Å². The maximum Gasteiger partial charge on any atom is 0.304 e. The molecular weight excluding hydrogens is 356 g/mol. The number of aliphatic carboxylic acids is 1. The zero-order valence-electron chi connectivity index (χ0n) is 15.3. The highest BCUT2D eigenvalue weighted by atomic mass is 35.5. The maximum atomic E-state index is 12.3. The summed E-state index contributed by atoms with van der Waals surface area (Å²) in [6, 6.07) is 12.0. The van der Waals surface area contributed by atoms with Gasteiger partial charge in [0.1, 0.15) is 5.75 Å². The van der Waals surface area contributed by atoms with E-state index in [2.05, 4.69) is 6.07 Å². The molecule has 26 heavy (non-hydrogen) atoms. The van der Waals surface area contributed by atoms with Gasteiger partial charge in [0.05, 0.1) is 20.1 Å². The average Bonchev–Trinajstić information content (AvgIpc) is 2.59. The van der Waals surface area contributed by atoms with Crippen LogP contribution in [0.2, 0.25) is 0 Å². The van der Waals surface area contributed by atoms with Crippen LogP contribution in [0.1, 0.15) is 12.0 Å². The summed E-state index contributed by atoms with van der Waals surface area (Å²) in [5.74, 6) is -0.0832. The van der Waals surface area contributed by atoms with Crippen LogP contribution in [0.15, 0.2) is 36.4 Å². The largest absolute Gasteiger partial charge is 0.497 e. The summed E-state index contributed by atoms with van der Waals surface area (Å²) in [5.41, 5.74) is 1.04. The van der Waals surface area contributed by atoms with E-state index in [0.29, 0.717) is 13.1 Å². The number of likely N-dealkylation sites (N-methyl/N-ethyl adjacent to an activating group) is 2. The van der Waals surface area contributed by atoms with Gasteiger partial charge >= 0.3 is 5.97 Å². The zero-order valence-corrected chi connectivity index (χ0v) is 16.1. The van der Waals surface area contributed by atoms with Crippen LogP contribution < -0.4 is 4.74 Å². The van der Waals surface area contributed by atoms with Gasteiger partial charge in [-0.05, 0) is 41.6 Å². The molecule has 0 aliphatic rings. The number of nitrogens with zero attached hydrogens (tertiary/aromatic N) is 2. The monoisotopic (exact) mass is 380 g/mol. The van der Waals surface area contributed by atoms with Crippen molar-refractivity contribution >= 4 is 35.1 Å². The number of carbonyl (C=O) groups excluding carboxylic acids is 1. The molecule has 0 spiro atoms. The van der Waals surface area contributed by atoms with E-state index in [1.807, 2.05) is 30.3 Å². The van der Waals surface area contributed by atoms with Gasteiger partial charge in [0.15, 0.2) is 0 Å². The molecule has 0 aliphatic carbocycles. The number of carboxylic acids is 1. The molecule has 2 aromatic rings. The second-order valence-corrected chi connectivity index (χ2v) is 6.18. The fraction of sp³-hybridized carbons (Fsp3) is 0.368. The number of benzene rings is 2. The maximum absolute atomic E-state index is 12.3. The van der Waals surface area contributed by atoms with Gasteiger partial charge in [-0.1, -0.05) is 18.2 Å². The highest BCUT2D eigenvalue weighted by molar-refractivity contribution is 5.85. The van der Waals surface area contributed by atoms with Gasteiger partial charge in [-0.15, -0.1) is 12.4 Å². The van der Waals surface area contributed by atoms with Crippen LogP contribution in [-0.2, 0) is 16.1 Å². The first-order valence-electron chi connectivity index (χ1n) is 8.10. The normalized spacial score (nSPS) is 10.5. The van der Waals surface area contributed by atoms with E-state index in [9.17, 15) is 9.59 Å². The van der Waals surface area contributed by atoms with Crippen molar-refractivity contribution in [2.45, 2.75) is 13.0 Å². The molecule has 7 heteroatoms. The van der Waals surface area contributed by atoms with Crippen molar-refractivity contribution in [1.82, 2.24) is 9.80 Å².